The van der Waals surface area contributed by atoms with Crippen molar-refractivity contribution >= 4 is 28.5 Å². The van der Waals surface area contributed by atoms with E-state index in [1.54, 1.807) is 12.3 Å². The van der Waals surface area contributed by atoms with Crippen LogP contribution in [0.5, 0.6) is 0 Å². The number of carbonyl (C=O) groups excluding carboxylic acids is 1. The van der Waals surface area contributed by atoms with Gasteiger partial charge in [0.2, 0.25) is 0 Å². The van der Waals surface area contributed by atoms with Gasteiger partial charge < -0.3 is 14.6 Å². The molecule has 5 nitrogen and oxygen atoms in total. The Hall–Kier alpha value is -2.44. The third-order valence-corrected chi connectivity index (χ3v) is 5.35. The van der Waals surface area contributed by atoms with Crippen molar-refractivity contribution in [2.24, 2.45) is 0 Å². The molecule has 1 aliphatic carbocycles. The van der Waals surface area contributed by atoms with E-state index < -0.39 is 5.82 Å². The zero-order valence-electron chi connectivity index (χ0n) is 14.8. The van der Waals surface area contributed by atoms with E-state index in [2.05, 4.69) is 4.98 Å². The SMILES string of the molecule is CO.O=C1c2c(-c3ccc(Cl)c(F)c3)c3ncccc3n2CCN1C1CC1. The minimum atomic E-state index is -0.495. The molecule has 1 N–H and O–H groups in total. The molecule has 7 heteroatoms. The lowest BCUT2D eigenvalue weighted by atomic mass is 10.0. The Balaban J connectivity index is 0.000000872. The van der Waals surface area contributed by atoms with Crippen LogP contribution in [0.15, 0.2) is 36.5 Å². The van der Waals surface area contributed by atoms with Crippen molar-refractivity contribution in [3.8, 4) is 11.1 Å². The molecule has 3 aromatic rings. The van der Waals surface area contributed by atoms with Gasteiger partial charge in [-0.3, -0.25) is 9.78 Å². The molecular formula is C20H19ClFN3O2. The highest BCUT2D eigenvalue weighted by atomic mass is 35.5. The number of amides is 1. The average Bonchev–Trinajstić information content (AvgIpc) is 3.48. The van der Waals surface area contributed by atoms with E-state index in [1.807, 2.05) is 21.6 Å². The highest BCUT2D eigenvalue weighted by Gasteiger charge is 2.39. The summed E-state index contributed by atoms with van der Waals surface area (Å²) in [7, 11) is 1.00. The lowest BCUT2D eigenvalue weighted by Gasteiger charge is -2.29. The van der Waals surface area contributed by atoms with E-state index in [9.17, 15) is 9.18 Å². The van der Waals surface area contributed by atoms with E-state index in [0.29, 0.717) is 29.4 Å². The molecule has 0 radical (unpaired) electrons. The summed E-state index contributed by atoms with van der Waals surface area (Å²) in [6.07, 6.45) is 3.83. The van der Waals surface area contributed by atoms with Crippen LogP contribution in [-0.4, -0.2) is 45.2 Å². The van der Waals surface area contributed by atoms with Gasteiger partial charge in [0.1, 0.15) is 11.5 Å². The summed E-state index contributed by atoms with van der Waals surface area (Å²) in [5, 5.41) is 7.07. The zero-order chi connectivity index (χ0) is 19.1. The first-order valence-electron chi connectivity index (χ1n) is 8.83. The number of rotatable bonds is 2. The van der Waals surface area contributed by atoms with Gasteiger partial charge in [0.15, 0.2) is 0 Å². The Kier molecular flexibility index (Phi) is 4.61. The van der Waals surface area contributed by atoms with Gasteiger partial charge in [-0.15, -0.1) is 0 Å². The van der Waals surface area contributed by atoms with Crippen LogP contribution in [0.1, 0.15) is 23.3 Å². The summed E-state index contributed by atoms with van der Waals surface area (Å²) < 4.78 is 16.1. The summed E-state index contributed by atoms with van der Waals surface area (Å²) in [6.45, 7) is 1.44. The number of hydrogen-bond acceptors (Lipinski definition) is 3. The van der Waals surface area contributed by atoms with Crippen molar-refractivity contribution in [2.45, 2.75) is 25.4 Å². The second-order valence-corrected chi connectivity index (χ2v) is 7.01. The zero-order valence-corrected chi connectivity index (χ0v) is 15.6. The topological polar surface area (TPSA) is 58.4 Å². The molecule has 1 aromatic carbocycles. The van der Waals surface area contributed by atoms with E-state index in [-0.39, 0.29) is 10.9 Å². The maximum absolute atomic E-state index is 14.1. The number of benzene rings is 1. The molecule has 27 heavy (non-hydrogen) atoms. The van der Waals surface area contributed by atoms with Crippen LogP contribution >= 0.6 is 11.6 Å². The Morgan fingerprint density at radius 3 is 2.70 bits per heavy atom. The Bertz CT molecular complexity index is 1030. The molecule has 1 saturated carbocycles. The normalized spacial score (nSPS) is 16.1. The molecule has 3 heterocycles. The highest BCUT2D eigenvalue weighted by molar-refractivity contribution is 6.30. The van der Waals surface area contributed by atoms with Gasteiger partial charge in [0.05, 0.1) is 16.1 Å². The smallest absolute Gasteiger partial charge is 0.271 e. The monoisotopic (exact) mass is 387 g/mol. The van der Waals surface area contributed by atoms with Crippen molar-refractivity contribution in [2.75, 3.05) is 13.7 Å². The number of hydrogen-bond donors (Lipinski definition) is 1. The van der Waals surface area contributed by atoms with Crippen LogP contribution in [0.2, 0.25) is 5.02 Å². The first kappa shape index (κ1) is 17.9. The Morgan fingerprint density at radius 2 is 2.00 bits per heavy atom. The minimum absolute atomic E-state index is 0.0112. The third-order valence-electron chi connectivity index (χ3n) is 5.04. The molecule has 0 saturated heterocycles. The molecule has 1 amide bonds. The molecular weight excluding hydrogens is 369 g/mol. The van der Waals surface area contributed by atoms with Gasteiger partial charge in [0, 0.05) is 38.0 Å². The first-order valence-corrected chi connectivity index (χ1v) is 9.21. The minimum Gasteiger partial charge on any atom is -0.400 e. The van der Waals surface area contributed by atoms with Crippen LogP contribution < -0.4 is 0 Å². The average molecular weight is 388 g/mol. The van der Waals surface area contributed by atoms with Crippen molar-refractivity contribution in [1.82, 2.24) is 14.5 Å². The molecule has 140 valence electrons. The predicted octanol–water partition coefficient (Wildman–Crippen LogP) is 3.72. The van der Waals surface area contributed by atoms with Crippen molar-refractivity contribution in [3.63, 3.8) is 0 Å². The fourth-order valence-electron chi connectivity index (χ4n) is 3.73. The highest BCUT2D eigenvalue weighted by Crippen LogP contribution is 2.39. The summed E-state index contributed by atoms with van der Waals surface area (Å²) >= 11 is 5.83. The summed E-state index contributed by atoms with van der Waals surface area (Å²) in [6, 6.07) is 8.83. The number of pyridine rings is 1. The number of halogens is 2. The van der Waals surface area contributed by atoms with Crippen molar-refractivity contribution in [3.05, 3.63) is 53.1 Å². The lowest BCUT2D eigenvalue weighted by molar-refractivity contribution is 0.0694. The molecule has 1 fully saturated rings. The second-order valence-electron chi connectivity index (χ2n) is 6.60. The van der Waals surface area contributed by atoms with Gasteiger partial charge in [-0.05, 0) is 42.7 Å². The fraction of sp³-hybridized carbons (Fsp3) is 0.300. The third kappa shape index (κ3) is 2.89. The van der Waals surface area contributed by atoms with Gasteiger partial charge in [-0.1, -0.05) is 17.7 Å². The van der Waals surface area contributed by atoms with Gasteiger partial charge in [-0.2, -0.15) is 0 Å². The molecule has 0 bridgehead atoms. The second kappa shape index (κ2) is 6.94. The summed E-state index contributed by atoms with van der Waals surface area (Å²) in [4.78, 5) is 19.6. The van der Waals surface area contributed by atoms with E-state index >= 15 is 0 Å². The number of nitrogens with zero attached hydrogens (tertiary/aromatic N) is 3. The number of carbonyl (C=O) groups is 1. The molecule has 0 atom stereocenters. The number of aliphatic hydroxyl groups is 1. The molecule has 2 aliphatic rings. The maximum atomic E-state index is 14.1. The summed E-state index contributed by atoms with van der Waals surface area (Å²) in [5.74, 6) is -0.484. The molecule has 5 rings (SSSR count). The van der Waals surface area contributed by atoms with E-state index in [0.717, 1.165) is 37.5 Å². The predicted molar refractivity (Wildman–Crippen MR) is 102 cm³/mol. The standard InChI is InChI=1S/C19H15ClFN3O.CH4O/c20-13-6-3-11(10-14(13)21)16-17-15(2-1-7-22-17)24-9-8-23(12-4-5-12)19(25)18(16)24;1-2/h1-3,6-7,10,12H,4-5,8-9H2;2H,1H3. The molecule has 0 spiro atoms. The van der Waals surface area contributed by atoms with Crippen LogP contribution in [0.25, 0.3) is 22.2 Å². The van der Waals surface area contributed by atoms with Crippen LogP contribution in [-0.2, 0) is 6.54 Å². The number of aliphatic hydroxyl groups excluding tert-OH is 1. The van der Waals surface area contributed by atoms with Crippen molar-refractivity contribution in [1.29, 1.82) is 0 Å². The molecule has 1 aliphatic heterocycles. The molecule has 0 unspecified atom stereocenters. The van der Waals surface area contributed by atoms with Crippen LogP contribution in [0, 0.1) is 5.82 Å². The lowest BCUT2D eigenvalue weighted by Crippen LogP contribution is -2.41. The van der Waals surface area contributed by atoms with Gasteiger partial charge in [0.25, 0.3) is 5.91 Å². The van der Waals surface area contributed by atoms with Crippen molar-refractivity contribution < 1.29 is 14.3 Å². The number of fused-ring (bicyclic) bond motifs is 3. The largest absolute Gasteiger partial charge is 0.400 e. The van der Waals surface area contributed by atoms with E-state index in [4.69, 9.17) is 16.7 Å². The Morgan fingerprint density at radius 1 is 1.22 bits per heavy atom. The summed E-state index contributed by atoms with van der Waals surface area (Å²) in [5.41, 5.74) is 3.57. The Labute approximate surface area is 161 Å². The van der Waals surface area contributed by atoms with E-state index in [1.165, 1.54) is 12.1 Å². The maximum Gasteiger partial charge on any atom is 0.271 e. The number of aromatic nitrogens is 2. The van der Waals surface area contributed by atoms with Gasteiger partial charge >= 0.3 is 0 Å². The first-order chi connectivity index (χ1) is 13.1. The fourth-order valence-corrected chi connectivity index (χ4v) is 3.85. The molecule has 2 aromatic heterocycles. The van der Waals surface area contributed by atoms with Crippen LogP contribution in [0.3, 0.4) is 0 Å². The van der Waals surface area contributed by atoms with Gasteiger partial charge in [-0.25, -0.2) is 4.39 Å². The quantitative estimate of drug-likeness (QED) is 0.729. The van der Waals surface area contributed by atoms with Crippen LogP contribution in [0.4, 0.5) is 4.39 Å².